The van der Waals surface area contributed by atoms with Crippen LogP contribution in [0.25, 0.3) is 0 Å². The maximum absolute atomic E-state index is 11.8. The number of carboxylic acid groups (broad SMARTS) is 1. The van der Waals surface area contributed by atoms with Gasteiger partial charge in [0.25, 0.3) is 0 Å². The summed E-state index contributed by atoms with van der Waals surface area (Å²) < 4.78 is 5.55. The Morgan fingerprint density at radius 2 is 2.00 bits per heavy atom. The molecule has 1 aromatic rings. The molecule has 1 heterocycles. The van der Waals surface area contributed by atoms with E-state index < -0.39 is 6.09 Å². The monoisotopic (exact) mass is 331 g/mol. The molecule has 1 aliphatic carbocycles. The molecule has 1 amide bonds. The molecule has 0 radical (unpaired) electrons. The lowest BCUT2D eigenvalue weighted by atomic mass is 9.77. The quantitative estimate of drug-likeness (QED) is 0.911. The summed E-state index contributed by atoms with van der Waals surface area (Å²) in [5.74, 6) is 0.998. The second-order valence-electron chi connectivity index (χ2n) is 6.92. The van der Waals surface area contributed by atoms with Gasteiger partial charge in [-0.1, -0.05) is 25.3 Å². The van der Waals surface area contributed by atoms with E-state index in [9.17, 15) is 14.7 Å². The number of amides is 1. The molecule has 0 aromatic heterocycles. The third-order valence-corrected chi connectivity index (χ3v) is 5.18. The van der Waals surface area contributed by atoms with E-state index in [1.165, 1.54) is 31.7 Å². The molecule has 1 atom stereocenters. The summed E-state index contributed by atoms with van der Waals surface area (Å²) in [6.45, 7) is 2.10. The maximum Gasteiger partial charge on any atom is 0.407 e. The van der Waals surface area contributed by atoms with Crippen molar-refractivity contribution in [2.75, 3.05) is 13.2 Å². The van der Waals surface area contributed by atoms with E-state index >= 15 is 0 Å². The van der Waals surface area contributed by atoms with Crippen LogP contribution in [0.1, 0.15) is 56.2 Å². The Balaban J connectivity index is 1.92. The Bertz CT molecular complexity index is 622. The highest BCUT2D eigenvalue weighted by molar-refractivity contribution is 5.77. The fraction of sp³-hybridized carbons (Fsp3) is 0.579. The van der Waals surface area contributed by atoms with E-state index in [2.05, 4.69) is 0 Å². The van der Waals surface area contributed by atoms with E-state index in [0.717, 1.165) is 24.8 Å². The SMILES string of the molecule is CC(=O)COc1ccc2c(c1)C(C1CCCCC1)N(C(=O)O)CC2. The van der Waals surface area contributed by atoms with Crippen molar-refractivity contribution in [2.24, 2.45) is 5.92 Å². The number of benzene rings is 1. The summed E-state index contributed by atoms with van der Waals surface area (Å²) in [5, 5.41) is 9.66. The Morgan fingerprint density at radius 1 is 1.25 bits per heavy atom. The third-order valence-electron chi connectivity index (χ3n) is 5.18. The summed E-state index contributed by atoms with van der Waals surface area (Å²) >= 11 is 0. The molecule has 2 aliphatic rings. The number of hydrogen-bond donors (Lipinski definition) is 1. The van der Waals surface area contributed by atoms with Crippen LogP contribution in [0.15, 0.2) is 18.2 Å². The van der Waals surface area contributed by atoms with Crippen LogP contribution in [-0.4, -0.2) is 35.0 Å². The second-order valence-corrected chi connectivity index (χ2v) is 6.92. The molecule has 1 N–H and O–H groups in total. The Labute approximate surface area is 142 Å². The van der Waals surface area contributed by atoms with E-state index in [1.807, 2.05) is 18.2 Å². The lowest BCUT2D eigenvalue weighted by Crippen LogP contribution is -2.43. The molecule has 1 fully saturated rings. The van der Waals surface area contributed by atoms with Gasteiger partial charge < -0.3 is 14.7 Å². The van der Waals surface area contributed by atoms with E-state index in [4.69, 9.17) is 4.74 Å². The first kappa shape index (κ1) is 16.8. The van der Waals surface area contributed by atoms with Crippen LogP contribution in [0.5, 0.6) is 5.75 Å². The van der Waals surface area contributed by atoms with Gasteiger partial charge in [0.15, 0.2) is 5.78 Å². The van der Waals surface area contributed by atoms with E-state index in [-0.39, 0.29) is 18.4 Å². The normalized spacial score (nSPS) is 21.2. The minimum absolute atomic E-state index is 0.0243. The van der Waals surface area contributed by atoms with Gasteiger partial charge in [0.1, 0.15) is 12.4 Å². The average molecular weight is 331 g/mol. The summed E-state index contributed by atoms with van der Waals surface area (Å²) in [6, 6.07) is 5.77. The first-order valence-electron chi connectivity index (χ1n) is 8.81. The molecule has 1 saturated carbocycles. The highest BCUT2D eigenvalue weighted by Crippen LogP contribution is 2.43. The van der Waals surface area contributed by atoms with Gasteiger partial charge >= 0.3 is 6.09 Å². The number of nitrogens with zero attached hydrogens (tertiary/aromatic N) is 1. The van der Waals surface area contributed by atoms with Gasteiger partial charge in [-0.15, -0.1) is 0 Å². The largest absolute Gasteiger partial charge is 0.486 e. The van der Waals surface area contributed by atoms with Gasteiger partial charge in [-0.3, -0.25) is 4.79 Å². The lowest BCUT2D eigenvalue weighted by molar-refractivity contribution is -0.118. The van der Waals surface area contributed by atoms with Crippen molar-refractivity contribution in [2.45, 2.75) is 51.5 Å². The van der Waals surface area contributed by atoms with Crippen LogP contribution in [0, 0.1) is 5.92 Å². The van der Waals surface area contributed by atoms with Gasteiger partial charge in [0.05, 0.1) is 6.04 Å². The second kappa shape index (κ2) is 7.24. The number of fused-ring (bicyclic) bond motifs is 1. The highest BCUT2D eigenvalue weighted by Gasteiger charge is 2.37. The Kier molecular flexibility index (Phi) is 5.07. The number of carbonyl (C=O) groups excluding carboxylic acids is 1. The number of Topliss-reactive ketones (excluding diaryl/α,β-unsaturated/α-hetero) is 1. The molecule has 1 aromatic carbocycles. The topological polar surface area (TPSA) is 66.8 Å². The maximum atomic E-state index is 11.8. The zero-order valence-corrected chi connectivity index (χ0v) is 14.2. The number of carbonyl (C=O) groups is 2. The molecular formula is C19H25NO4. The molecule has 1 aliphatic heterocycles. The average Bonchev–Trinajstić information content (AvgIpc) is 2.59. The minimum Gasteiger partial charge on any atom is -0.486 e. The smallest absolute Gasteiger partial charge is 0.407 e. The summed E-state index contributed by atoms with van der Waals surface area (Å²) in [5.41, 5.74) is 2.27. The van der Waals surface area contributed by atoms with Crippen LogP contribution in [-0.2, 0) is 11.2 Å². The van der Waals surface area contributed by atoms with Crippen LogP contribution in [0.2, 0.25) is 0 Å². The van der Waals surface area contributed by atoms with Crippen molar-refractivity contribution in [3.05, 3.63) is 29.3 Å². The van der Waals surface area contributed by atoms with Gasteiger partial charge in [0.2, 0.25) is 0 Å². The predicted molar refractivity (Wildman–Crippen MR) is 90.4 cm³/mol. The predicted octanol–water partition coefficient (Wildman–Crippen LogP) is 3.81. The first-order chi connectivity index (χ1) is 11.6. The van der Waals surface area contributed by atoms with Crippen molar-refractivity contribution in [1.82, 2.24) is 4.90 Å². The molecule has 0 spiro atoms. The van der Waals surface area contributed by atoms with Crippen molar-refractivity contribution >= 4 is 11.9 Å². The molecule has 5 heteroatoms. The fourth-order valence-corrected chi connectivity index (χ4v) is 4.07. The van der Waals surface area contributed by atoms with Crippen molar-refractivity contribution < 1.29 is 19.4 Å². The lowest BCUT2D eigenvalue weighted by Gasteiger charge is -2.41. The summed E-state index contributed by atoms with van der Waals surface area (Å²) in [4.78, 5) is 24.5. The van der Waals surface area contributed by atoms with Gasteiger partial charge in [-0.05, 0) is 55.4 Å². The number of rotatable bonds is 4. The first-order valence-corrected chi connectivity index (χ1v) is 8.81. The molecule has 3 rings (SSSR count). The van der Waals surface area contributed by atoms with Gasteiger partial charge in [-0.25, -0.2) is 4.79 Å². The third kappa shape index (κ3) is 3.55. The summed E-state index contributed by atoms with van der Waals surface area (Å²) in [6.07, 6.45) is 5.63. The standard InChI is InChI=1S/C19H25NO4/c1-13(21)12-24-16-8-7-14-9-10-20(19(22)23)18(17(14)11-16)15-5-3-2-4-6-15/h7-8,11,15,18H,2-6,9-10,12H2,1H3,(H,22,23). The number of hydrogen-bond acceptors (Lipinski definition) is 3. The Hall–Kier alpha value is -2.04. The number of ether oxygens (including phenoxy) is 1. The van der Waals surface area contributed by atoms with Crippen molar-refractivity contribution in [3.63, 3.8) is 0 Å². The van der Waals surface area contributed by atoms with Crippen LogP contribution in [0.4, 0.5) is 4.79 Å². The number of ketones is 1. The van der Waals surface area contributed by atoms with Crippen LogP contribution < -0.4 is 4.74 Å². The molecule has 1 unspecified atom stereocenters. The van der Waals surface area contributed by atoms with Gasteiger partial charge in [-0.2, -0.15) is 0 Å². The molecule has 130 valence electrons. The van der Waals surface area contributed by atoms with Crippen molar-refractivity contribution in [1.29, 1.82) is 0 Å². The zero-order chi connectivity index (χ0) is 17.1. The summed E-state index contributed by atoms with van der Waals surface area (Å²) in [7, 11) is 0. The Morgan fingerprint density at radius 3 is 2.67 bits per heavy atom. The van der Waals surface area contributed by atoms with Crippen LogP contribution >= 0.6 is 0 Å². The van der Waals surface area contributed by atoms with E-state index in [1.54, 1.807) is 4.90 Å². The molecular weight excluding hydrogens is 306 g/mol. The van der Waals surface area contributed by atoms with Gasteiger partial charge in [0, 0.05) is 6.54 Å². The fourth-order valence-electron chi connectivity index (χ4n) is 4.07. The minimum atomic E-state index is -0.841. The van der Waals surface area contributed by atoms with Crippen molar-refractivity contribution in [3.8, 4) is 5.75 Å². The molecule has 0 bridgehead atoms. The molecule has 0 saturated heterocycles. The highest BCUT2D eigenvalue weighted by atomic mass is 16.5. The van der Waals surface area contributed by atoms with E-state index in [0.29, 0.717) is 18.2 Å². The van der Waals surface area contributed by atoms with Crippen LogP contribution in [0.3, 0.4) is 0 Å². The zero-order valence-electron chi connectivity index (χ0n) is 14.2. The molecule has 5 nitrogen and oxygen atoms in total. The molecule has 24 heavy (non-hydrogen) atoms.